The molecule has 2 saturated carbocycles. The molecule has 2 aliphatic rings. The van der Waals surface area contributed by atoms with E-state index in [1.165, 1.54) is 19.3 Å². The molecule has 3 N–H and O–H groups in total. The zero-order valence-corrected chi connectivity index (χ0v) is 13.1. The highest BCUT2D eigenvalue weighted by atomic mass is 16.4. The molecule has 0 aliphatic heterocycles. The van der Waals surface area contributed by atoms with Gasteiger partial charge in [0.2, 0.25) is 0 Å². The largest absolute Gasteiger partial charge is 0.481 e. The van der Waals surface area contributed by atoms with Gasteiger partial charge < -0.3 is 15.7 Å². The summed E-state index contributed by atoms with van der Waals surface area (Å²) in [6.45, 7) is 3.70. The highest BCUT2D eigenvalue weighted by Gasteiger charge is 2.40. The molecule has 2 fully saturated rings. The van der Waals surface area contributed by atoms with E-state index in [0.29, 0.717) is 18.4 Å². The number of hydrogen-bond acceptors (Lipinski definition) is 2. The van der Waals surface area contributed by atoms with E-state index in [9.17, 15) is 9.59 Å². The number of carbonyl (C=O) groups is 2. The molecule has 0 heterocycles. The molecule has 5 heteroatoms. The van der Waals surface area contributed by atoms with Gasteiger partial charge in [-0.3, -0.25) is 4.79 Å². The molecule has 5 unspecified atom stereocenters. The van der Waals surface area contributed by atoms with Crippen molar-refractivity contribution in [1.29, 1.82) is 0 Å². The third-order valence-electron chi connectivity index (χ3n) is 5.13. The van der Waals surface area contributed by atoms with Crippen LogP contribution in [0.15, 0.2) is 0 Å². The second kappa shape index (κ2) is 7.14. The minimum atomic E-state index is -0.746. The topological polar surface area (TPSA) is 78.4 Å². The molecule has 2 amide bonds. The van der Waals surface area contributed by atoms with E-state index in [0.717, 1.165) is 25.2 Å². The summed E-state index contributed by atoms with van der Waals surface area (Å²) < 4.78 is 0. The van der Waals surface area contributed by atoms with Crippen LogP contribution < -0.4 is 10.6 Å². The molecular weight excluding hydrogens is 268 g/mol. The zero-order valence-electron chi connectivity index (χ0n) is 13.1. The summed E-state index contributed by atoms with van der Waals surface area (Å²) >= 11 is 0. The monoisotopic (exact) mass is 296 g/mol. The first-order valence-electron chi connectivity index (χ1n) is 8.25. The summed E-state index contributed by atoms with van der Waals surface area (Å²) in [5.41, 5.74) is 0. The molecule has 0 radical (unpaired) electrons. The fourth-order valence-corrected chi connectivity index (χ4v) is 3.78. The Morgan fingerprint density at radius 2 is 1.95 bits per heavy atom. The average Bonchev–Trinajstić information content (AvgIpc) is 3.00. The van der Waals surface area contributed by atoms with E-state index in [4.69, 9.17) is 5.11 Å². The van der Waals surface area contributed by atoms with Crippen LogP contribution in [-0.4, -0.2) is 29.2 Å². The molecule has 0 saturated heterocycles. The Balaban J connectivity index is 1.60. The number of carboxylic acid groups (broad SMARTS) is 1. The van der Waals surface area contributed by atoms with Gasteiger partial charge in [0, 0.05) is 12.1 Å². The Kier molecular flexibility index (Phi) is 5.48. The lowest BCUT2D eigenvalue weighted by atomic mass is 9.95. The minimum absolute atomic E-state index is 0.0636. The summed E-state index contributed by atoms with van der Waals surface area (Å²) in [6.07, 6.45) is 7.33. The lowest BCUT2D eigenvalue weighted by molar-refractivity contribution is -0.141. The SMILES string of the molecule is CC(CCCC(C)C(=O)O)NC(=O)NC1CC2CCC1C2. The average molecular weight is 296 g/mol. The van der Waals surface area contributed by atoms with Crippen molar-refractivity contribution >= 4 is 12.0 Å². The van der Waals surface area contributed by atoms with Crippen LogP contribution in [0.1, 0.15) is 58.8 Å². The van der Waals surface area contributed by atoms with Crippen LogP contribution in [0.5, 0.6) is 0 Å². The van der Waals surface area contributed by atoms with Gasteiger partial charge in [0.25, 0.3) is 0 Å². The Bertz CT molecular complexity index is 386. The Morgan fingerprint density at radius 1 is 1.19 bits per heavy atom. The van der Waals surface area contributed by atoms with Gasteiger partial charge >= 0.3 is 12.0 Å². The summed E-state index contributed by atoms with van der Waals surface area (Å²) in [5, 5.41) is 14.9. The predicted molar refractivity (Wildman–Crippen MR) is 81.0 cm³/mol. The highest BCUT2D eigenvalue weighted by molar-refractivity contribution is 5.74. The van der Waals surface area contributed by atoms with E-state index in [2.05, 4.69) is 10.6 Å². The van der Waals surface area contributed by atoms with Crippen LogP contribution in [0, 0.1) is 17.8 Å². The van der Waals surface area contributed by atoms with Gasteiger partial charge in [0.1, 0.15) is 0 Å². The van der Waals surface area contributed by atoms with E-state index in [1.807, 2.05) is 6.92 Å². The summed E-state index contributed by atoms with van der Waals surface area (Å²) in [7, 11) is 0. The molecule has 2 aliphatic carbocycles. The Hall–Kier alpha value is -1.26. The van der Waals surface area contributed by atoms with Crippen LogP contribution in [0.4, 0.5) is 4.79 Å². The molecule has 2 rings (SSSR count). The Labute approximate surface area is 126 Å². The van der Waals surface area contributed by atoms with Crippen molar-refractivity contribution in [3.05, 3.63) is 0 Å². The van der Waals surface area contributed by atoms with E-state index in [-0.39, 0.29) is 18.0 Å². The minimum Gasteiger partial charge on any atom is -0.481 e. The highest BCUT2D eigenvalue weighted by Crippen LogP contribution is 2.44. The number of rotatable bonds is 7. The summed E-state index contributed by atoms with van der Waals surface area (Å²) in [5.74, 6) is 0.465. The number of amides is 2. The van der Waals surface area contributed by atoms with Crippen molar-refractivity contribution in [2.45, 2.75) is 70.9 Å². The predicted octanol–water partition coefficient (Wildman–Crippen LogP) is 2.75. The molecule has 21 heavy (non-hydrogen) atoms. The number of aliphatic carboxylic acids is 1. The summed E-state index contributed by atoms with van der Waals surface area (Å²) in [6, 6.07) is 0.388. The second-order valence-corrected chi connectivity index (χ2v) is 6.97. The van der Waals surface area contributed by atoms with Crippen molar-refractivity contribution in [3.63, 3.8) is 0 Å². The van der Waals surface area contributed by atoms with Crippen LogP contribution in [0.3, 0.4) is 0 Å². The van der Waals surface area contributed by atoms with Crippen LogP contribution in [0.25, 0.3) is 0 Å². The molecule has 0 aromatic rings. The van der Waals surface area contributed by atoms with Gasteiger partial charge in [-0.1, -0.05) is 19.8 Å². The number of urea groups is 1. The first kappa shape index (κ1) is 16.1. The quantitative estimate of drug-likeness (QED) is 0.676. The molecule has 5 atom stereocenters. The van der Waals surface area contributed by atoms with E-state index < -0.39 is 5.97 Å². The molecular formula is C16H28N2O3. The van der Waals surface area contributed by atoms with Crippen molar-refractivity contribution in [1.82, 2.24) is 10.6 Å². The summed E-state index contributed by atoms with van der Waals surface area (Å²) in [4.78, 5) is 22.7. The second-order valence-electron chi connectivity index (χ2n) is 6.97. The molecule has 0 aromatic carbocycles. The molecule has 5 nitrogen and oxygen atoms in total. The lowest BCUT2D eigenvalue weighted by Crippen LogP contribution is -2.47. The standard InChI is InChI=1S/C16H28N2O3/c1-10(15(19)20)4-3-5-11(2)17-16(21)18-14-9-12-6-7-13(14)8-12/h10-14H,3-9H2,1-2H3,(H,19,20)(H2,17,18,21). The van der Waals surface area contributed by atoms with Crippen LogP contribution >= 0.6 is 0 Å². The fraction of sp³-hybridized carbons (Fsp3) is 0.875. The van der Waals surface area contributed by atoms with Crippen molar-refractivity contribution in [2.24, 2.45) is 17.8 Å². The molecule has 120 valence electrons. The van der Waals surface area contributed by atoms with Crippen molar-refractivity contribution in [3.8, 4) is 0 Å². The first-order valence-corrected chi connectivity index (χ1v) is 8.25. The van der Waals surface area contributed by atoms with Crippen molar-refractivity contribution < 1.29 is 14.7 Å². The smallest absolute Gasteiger partial charge is 0.315 e. The lowest BCUT2D eigenvalue weighted by Gasteiger charge is -2.24. The van der Waals surface area contributed by atoms with Gasteiger partial charge in [0.05, 0.1) is 5.92 Å². The Morgan fingerprint density at radius 3 is 2.52 bits per heavy atom. The number of carbonyl (C=O) groups excluding carboxylic acids is 1. The maximum Gasteiger partial charge on any atom is 0.315 e. The number of fused-ring (bicyclic) bond motifs is 2. The van der Waals surface area contributed by atoms with Gasteiger partial charge in [-0.15, -0.1) is 0 Å². The number of nitrogens with one attached hydrogen (secondary N) is 2. The maximum absolute atomic E-state index is 12.0. The number of carboxylic acids is 1. The fourth-order valence-electron chi connectivity index (χ4n) is 3.78. The third-order valence-corrected chi connectivity index (χ3v) is 5.13. The van der Waals surface area contributed by atoms with Gasteiger partial charge in [-0.05, 0) is 50.9 Å². The molecule has 0 aromatic heterocycles. The maximum atomic E-state index is 12.0. The van der Waals surface area contributed by atoms with Crippen LogP contribution in [-0.2, 0) is 4.79 Å². The first-order chi connectivity index (χ1) is 9.95. The normalized spacial score (nSPS) is 29.9. The number of hydrogen-bond donors (Lipinski definition) is 3. The van der Waals surface area contributed by atoms with E-state index >= 15 is 0 Å². The van der Waals surface area contributed by atoms with E-state index in [1.54, 1.807) is 6.92 Å². The van der Waals surface area contributed by atoms with Gasteiger partial charge in [-0.2, -0.15) is 0 Å². The zero-order chi connectivity index (χ0) is 15.4. The molecule has 0 spiro atoms. The van der Waals surface area contributed by atoms with Gasteiger partial charge in [-0.25, -0.2) is 4.79 Å². The van der Waals surface area contributed by atoms with Crippen molar-refractivity contribution in [2.75, 3.05) is 0 Å². The third kappa shape index (κ3) is 4.61. The molecule has 2 bridgehead atoms. The van der Waals surface area contributed by atoms with Crippen LogP contribution in [0.2, 0.25) is 0 Å². The van der Waals surface area contributed by atoms with Gasteiger partial charge in [0.15, 0.2) is 0 Å².